The maximum atomic E-state index is 12.5. The van der Waals surface area contributed by atoms with Crippen LogP contribution in [0.3, 0.4) is 0 Å². The summed E-state index contributed by atoms with van der Waals surface area (Å²) in [6.07, 6.45) is 2.07. The van der Waals surface area contributed by atoms with Crippen LogP contribution in [0.15, 0.2) is 59.2 Å². The number of halogens is 1. The Morgan fingerprint density at radius 1 is 1.17 bits per heavy atom. The molecule has 1 aliphatic rings. The van der Waals surface area contributed by atoms with Crippen molar-refractivity contribution in [3.05, 3.63) is 86.8 Å². The Balaban J connectivity index is 1.55. The summed E-state index contributed by atoms with van der Waals surface area (Å²) >= 11 is 6.02. The van der Waals surface area contributed by atoms with Crippen LogP contribution >= 0.6 is 11.6 Å². The van der Waals surface area contributed by atoms with Crippen LogP contribution in [0.1, 0.15) is 26.5 Å². The number of nitro benzene ring substituents is 1. The second kappa shape index (κ2) is 7.40. The summed E-state index contributed by atoms with van der Waals surface area (Å²) in [7, 11) is 0. The molecule has 146 valence electrons. The molecule has 0 fully saturated rings. The largest absolute Gasteiger partial charge is 0.459 e. The van der Waals surface area contributed by atoms with Crippen LogP contribution in [0.25, 0.3) is 0 Å². The van der Waals surface area contributed by atoms with E-state index in [4.69, 9.17) is 16.0 Å². The van der Waals surface area contributed by atoms with Crippen molar-refractivity contribution in [2.75, 3.05) is 16.8 Å². The molecule has 0 bridgehead atoms. The van der Waals surface area contributed by atoms with Gasteiger partial charge >= 0.3 is 0 Å². The smallest absolute Gasteiger partial charge is 0.293 e. The molecule has 2 amide bonds. The molecule has 0 aliphatic carbocycles. The van der Waals surface area contributed by atoms with Crippen LogP contribution in [0.2, 0.25) is 5.02 Å². The standard InChI is InChI=1S/C20H14ClN3O5/c21-16-5-4-14(24(27)28)11-15(16)19(25)22-13-3-6-17-12(10-13)7-8-23(17)20(26)18-2-1-9-29-18/h1-6,9-11H,7-8H2,(H,22,25). The first-order chi connectivity index (χ1) is 13.9. The second-order valence-corrected chi connectivity index (χ2v) is 6.81. The number of furan rings is 1. The number of carbonyl (C=O) groups is 2. The third-order valence-electron chi connectivity index (χ3n) is 4.62. The summed E-state index contributed by atoms with van der Waals surface area (Å²) in [5.74, 6) is -0.523. The van der Waals surface area contributed by atoms with Crippen LogP contribution in [0.5, 0.6) is 0 Å². The van der Waals surface area contributed by atoms with E-state index in [2.05, 4.69) is 5.32 Å². The first kappa shape index (κ1) is 18.7. The Kier molecular flexibility index (Phi) is 4.77. The summed E-state index contributed by atoms with van der Waals surface area (Å²) in [5.41, 5.74) is 1.94. The zero-order valence-electron chi connectivity index (χ0n) is 14.9. The van der Waals surface area contributed by atoms with E-state index in [9.17, 15) is 19.7 Å². The third kappa shape index (κ3) is 3.57. The van der Waals surface area contributed by atoms with Crippen molar-refractivity contribution in [3.8, 4) is 0 Å². The van der Waals surface area contributed by atoms with Gasteiger partial charge in [-0.15, -0.1) is 0 Å². The second-order valence-electron chi connectivity index (χ2n) is 6.40. The first-order valence-electron chi connectivity index (χ1n) is 8.67. The highest BCUT2D eigenvalue weighted by Crippen LogP contribution is 2.32. The molecule has 0 spiro atoms. The number of non-ortho nitro benzene ring substituents is 1. The Hall–Kier alpha value is -3.65. The predicted octanol–water partition coefficient (Wildman–Crippen LogP) is 4.30. The Morgan fingerprint density at radius 2 is 2.00 bits per heavy atom. The number of nitrogens with one attached hydrogen (secondary N) is 1. The molecule has 0 radical (unpaired) electrons. The van der Waals surface area contributed by atoms with Gasteiger partial charge in [0.05, 0.1) is 21.8 Å². The van der Waals surface area contributed by atoms with Gasteiger partial charge in [-0.05, 0) is 48.4 Å². The normalized spacial score (nSPS) is 12.5. The molecule has 2 aromatic carbocycles. The van der Waals surface area contributed by atoms with Crippen LogP contribution in [0, 0.1) is 10.1 Å². The van der Waals surface area contributed by atoms with E-state index in [1.54, 1.807) is 35.2 Å². The molecule has 3 aromatic rings. The van der Waals surface area contributed by atoms with E-state index < -0.39 is 10.8 Å². The van der Waals surface area contributed by atoms with E-state index in [0.717, 1.165) is 17.3 Å². The van der Waals surface area contributed by atoms with Gasteiger partial charge < -0.3 is 14.6 Å². The third-order valence-corrected chi connectivity index (χ3v) is 4.94. The van der Waals surface area contributed by atoms with Crippen molar-refractivity contribution in [1.82, 2.24) is 0 Å². The summed E-state index contributed by atoms with van der Waals surface area (Å²) < 4.78 is 5.18. The maximum absolute atomic E-state index is 12.5. The minimum absolute atomic E-state index is 0.0102. The van der Waals surface area contributed by atoms with E-state index in [1.807, 2.05) is 0 Å². The van der Waals surface area contributed by atoms with Crippen LogP contribution in [-0.2, 0) is 6.42 Å². The van der Waals surface area contributed by atoms with Crippen molar-refractivity contribution in [2.45, 2.75) is 6.42 Å². The number of carbonyl (C=O) groups excluding carboxylic acids is 2. The molecule has 0 atom stereocenters. The predicted molar refractivity (Wildman–Crippen MR) is 107 cm³/mol. The molecule has 4 rings (SSSR count). The highest BCUT2D eigenvalue weighted by Gasteiger charge is 2.27. The van der Waals surface area contributed by atoms with Gasteiger partial charge in [-0.3, -0.25) is 19.7 Å². The fourth-order valence-corrected chi connectivity index (χ4v) is 3.43. The van der Waals surface area contributed by atoms with Crippen molar-refractivity contribution in [2.24, 2.45) is 0 Å². The molecule has 0 saturated carbocycles. The van der Waals surface area contributed by atoms with E-state index in [0.29, 0.717) is 18.7 Å². The lowest BCUT2D eigenvalue weighted by Crippen LogP contribution is -2.28. The number of rotatable bonds is 4. The number of hydrogen-bond donors (Lipinski definition) is 1. The molecule has 9 heteroatoms. The van der Waals surface area contributed by atoms with Crippen LogP contribution in [-0.4, -0.2) is 23.3 Å². The fourth-order valence-electron chi connectivity index (χ4n) is 3.22. The zero-order chi connectivity index (χ0) is 20.5. The Morgan fingerprint density at radius 3 is 2.72 bits per heavy atom. The van der Waals surface area contributed by atoms with Crippen molar-refractivity contribution in [1.29, 1.82) is 0 Å². The Bertz CT molecular complexity index is 1130. The molecule has 8 nitrogen and oxygen atoms in total. The zero-order valence-corrected chi connectivity index (χ0v) is 15.7. The van der Waals surface area contributed by atoms with Crippen molar-refractivity contribution >= 4 is 40.5 Å². The van der Waals surface area contributed by atoms with Crippen LogP contribution < -0.4 is 10.2 Å². The average molecular weight is 412 g/mol. The number of nitrogens with zero attached hydrogens (tertiary/aromatic N) is 2. The summed E-state index contributed by atoms with van der Waals surface area (Å²) in [6, 6.07) is 12.1. The van der Waals surface area contributed by atoms with Gasteiger partial charge in [-0.25, -0.2) is 0 Å². The molecular formula is C20H14ClN3O5. The SMILES string of the molecule is O=C(Nc1ccc2c(c1)CCN2C(=O)c1ccco1)c1cc([N+](=O)[O-])ccc1Cl. The van der Waals surface area contributed by atoms with Gasteiger partial charge in [0.1, 0.15) is 0 Å². The molecule has 0 unspecified atom stereocenters. The average Bonchev–Trinajstić information content (AvgIpc) is 3.37. The van der Waals surface area contributed by atoms with Gasteiger partial charge in [0.2, 0.25) is 0 Å². The van der Waals surface area contributed by atoms with Gasteiger partial charge in [-0.1, -0.05) is 11.6 Å². The van der Waals surface area contributed by atoms with Gasteiger partial charge in [0, 0.05) is 30.1 Å². The van der Waals surface area contributed by atoms with E-state index >= 15 is 0 Å². The highest BCUT2D eigenvalue weighted by atomic mass is 35.5. The molecule has 0 saturated heterocycles. The summed E-state index contributed by atoms with van der Waals surface area (Å²) in [6.45, 7) is 0.503. The number of anilines is 2. The minimum Gasteiger partial charge on any atom is -0.459 e. The number of benzene rings is 2. The molecule has 1 aromatic heterocycles. The lowest BCUT2D eigenvalue weighted by Gasteiger charge is -2.16. The molecule has 1 N–H and O–H groups in total. The van der Waals surface area contributed by atoms with E-state index in [-0.39, 0.29) is 27.9 Å². The maximum Gasteiger partial charge on any atom is 0.293 e. The summed E-state index contributed by atoms with van der Waals surface area (Å²) in [4.78, 5) is 37.0. The van der Waals surface area contributed by atoms with Crippen LogP contribution in [0.4, 0.5) is 17.1 Å². The van der Waals surface area contributed by atoms with Crippen molar-refractivity contribution in [3.63, 3.8) is 0 Å². The van der Waals surface area contributed by atoms with Gasteiger partial charge in [0.25, 0.3) is 17.5 Å². The molecule has 1 aliphatic heterocycles. The van der Waals surface area contributed by atoms with Crippen molar-refractivity contribution < 1.29 is 18.9 Å². The quantitative estimate of drug-likeness (QED) is 0.509. The monoisotopic (exact) mass is 411 g/mol. The first-order valence-corrected chi connectivity index (χ1v) is 9.05. The number of fused-ring (bicyclic) bond motifs is 1. The lowest BCUT2D eigenvalue weighted by molar-refractivity contribution is -0.384. The topological polar surface area (TPSA) is 106 Å². The number of hydrogen-bond acceptors (Lipinski definition) is 5. The van der Waals surface area contributed by atoms with E-state index in [1.165, 1.54) is 18.4 Å². The lowest BCUT2D eigenvalue weighted by atomic mass is 10.1. The summed E-state index contributed by atoms with van der Waals surface area (Å²) in [5, 5.41) is 13.8. The fraction of sp³-hybridized carbons (Fsp3) is 0.100. The number of amides is 2. The Labute approximate surface area is 169 Å². The highest BCUT2D eigenvalue weighted by molar-refractivity contribution is 6.34. The number of nitro groups is 1. The molecule has 2 heterocycles. The minimum atomic E-state index is -0.590. The van der Waals surface area contributed by atoms with Gasteiger partial charge in [0.15, 0.2) is 5.76 Å². The van der Waals surface area contributed by atoms with Gasteiger partial charge in [-0.2, -0.15) is 0 Å². The molecule has 29 heavy (non-hydrogen) atoms. The molecular weight excluding hydrogens is 398 g/mol.